The lowest BCUT2D eigenvalue weighted by molar-refractivity contribution is 0.0376. The number of aromatic nitrogens is 3. The number of benzene rings is 2. The number of halogens is 1. The van der Waals surface area contributed by atoms with Crippen molar-refractivity contribution in [1.82, 2.24) is 19.7 Å². The second-order valence-corrected chi connectivity index (χ2v) is 10.1. The molecular weight excluding hydrogens is 482 g/mol. The number of carbonyl (C=O) groups is 1. The van der Waals surface area contributed by atoms with E-state index < -0.39 is 0 Å². The van der Waals surface area contributed by atoms with E-state index in [0.717, 1.165) is 66.4 Å². The smallest absolute Gasteiger partial charge is 0.263 e. The van der Waals surface area contributed by atoms with E-state index in [1.165, 1.54) is 11.3 Å². The summed E-state index contributed by atoms with van der Waals surface area (Å²) in [6.45, 7) is 8.75. The fourth-order valence-electron chi connectivity index (χ4n) is 4.36. The number of nitrogens with zero attached hydrogens (tertiary/aromatic N) is 5. The van der Waals surface area contributed by atoms with Gasteiger partial charge in [-0.1, -0.05) is 41.1 Å². The van der Waals surface area contributed by atoms with E-state index in [4.69, 9.17) is 21.3 Å². The largest absolute Gasteiger partial charge is 0.379 e. The molecule has 0 saturated carbocycles. The van der Waals surface area contributed by atoms with Crippen molar-refractivity contribution < 1.29 is 9.53 Å². The van der Waals surface area contributed by atoms with E-state index in [1.807, 2.05) is 56.3 Å². The number of anilines is 1. The molecule has 0 radical (unpaired) electrons. The van der Waals surface area contributed by atoms with Gasteiger partial charge in [0.2, 0.25) is 0 Å². The molecule has 9 heteroatoms. The van der Waals surface area contributed by atoms with Crippen LogP contribution in [-0.4, -0.2) is 65.0 Å². The molecule has 3 heterocycles. The molecule has 2 aromatic heterocycles. The van der Waals surface area contributed by atoms with Crippen molar-refractivity contribution in [3.05, 3.63) is 70.5 Å². The summed E-state index contributed by atoms with van der Waals surface area (Å²) in [7, 11) is 0. The molecule has 1 fully saturated rings. The maximum absolute atomic E-state index is 13.9. The highest BCUT2D eigenvalue weighted by Crippen LogP contribution is 2.34. The first-order valence-corrected chi connectivity index (χ1v) is 13.0. The van der Waals surface area contributed by atoms with Gasteiger partial charge in [0.1, 0.15) is 0 Å². The van der Waals surface area contributed by atoms with Gasteiger partial charge < -0.3 is 4.74 Å². The zero-order valence-corrected chi connectivity index (χ0v) is 21.5. The minimum Gasteiger partial charge on any atom is -0.379 e. The molecule has 1 saturated heterocycles. The molecule has 0 aliphatic carbocycles. The van der Waals surface area contributed by atoms with Crippen LogP contribution in [0.4, 0.5) is 5.13 Å². The number of aryl methyl sites for hydroxylation is 1. The quantitative estimate of drug-likeness (QED) is 0.346. The number of para-hydroxylation sites is 1. The number of rotatable bonds is 7. The monoisotopic (exact) mass is 509 g/mol. The van der Waals surface area contributed by atoms with Gasteiger partial charge in [0, 0.05) is 31.2 Å². The van der Waals surface area contributed by atoms with Gasteiger partial charge in [0.25, 0.3) is 5.91 Å². The second kappa shape index (κ2) is 10.5. The van der Waals surface area contributed by atoms with Crippen LogP contribution < -0.4 is 4.90 Å². The molecule has 2 aromatic carbocycles. The van der Waals surface area contributed by atoms with Gasteiger partial charge in [0.05, 0.1) is 46.6 Å². The van der Waals surface area contributed by atoms with E-state index in [0.29, 0.717) is 22.3 Å². The minimum absolute atomic E-state index is 0.0885. The van der Waals surface area contributed by atoms with Crippen LogP contribution in [0.2, 0.25) is 5.02 Å². The van der Waals surface area contributed by atoms with Crippen LogP contribution in [0.25, 0.3) is 15.9 Å². The summed E-state index contributed by atoms with van der Waals surface area (Å²) >= 11 is 7.86. The number of fused-ring (bicyclic) bond motifs is 1. The van der Waals surface area contributed by atoms with E-state index >= 15 is 0 Å². The van der Waals surface area contributed by atoms with Crippen molar-refractivity contribution in [2.24, 2.45) is 0 Å². The average molecular weight is 510 g/mol. The zero-order chi connectivity index (χ0) is 24.4. The van der Waals surface area contributed by atoms with Crippen LogP contribution >= 0.6 is 22.9 Å². The molecule has 182 valence electrons. The van der Waals surface area contributed by atoms with Gasteiger partial charge in [-0.05, 0) is 50.1 Å². The lowest BCUT2D eigenvalue weighted by atomic mass is 10.2. The van der Waals surface area contributed by atoms with Crippen LogP contribution in [0.1, 0.15) is 28.0 Å². The highest BCUT2D eigenvalue weighted by atomic mass is 35.5. The third-order valence-electron chi connectivity index (χ3n) is 6.41. The molecule has 4 aromatic rings. The van der Waals surface area contributed by atoms with Crippen molar-refractivity contribution in [3.63, 3.8) is 0 Å². The van der Waals surface area contributed by atoms with Crippen LogP contribution in [-0.2, 0) is 4.74 Å². The average Bonchev–Trinajstić information content (AvgIpc) is 3.49. The Morgan fingerprint density at radius 1 is 1.14 bits per heavy atom. The summed E-state index contributed by atoms with van der Waals surface area (Å²) < 4.78 is 8.29. The predicted octanol–water partition coefficient (Wildman–Crippen LogP) is 5.12. The first kappa shape index (κ1) is 23.9. The second-order valence-electron chi connectivity index (χ2n) is 8.67. The molecule has 35 heavy (non-hydrogen) atoms. The van der Waals surface area contributed by atoms with Crippen LogP contribution in [0.15, 0.2) is 48.7 Å². The number of carbonyl (C=O) groups excluding carboxylic acids is 1. The summed E-state index contributed by atoms with van der Waals surface area (Å²) in [4.78, 5) is 22.9. The Balaban J connectivity index is 1.45. The Kier molecular flexibility index (Phi) is 7.15. The SMILES string of the molecule is Cc1c(Cl)ccc2sc(N(CCCN3CCOCC3)C(=O)c3cnn(-c4ccccc4)c3C)nc12. The highest BCUT2D eigenvalue weighted by Gasteiger charge is 2.26. The normalized spacial score (nSPS) is 14.5. The molecule has 5 rings (SSSR count). The summed E-state index contributed by atoms with van der Waals surface area (Å²) in [5.41, 5.74) is 4.09. The third kappa shape index (κ3) is 4.97. The lowest BCUT2D eigenvalue weighted by Crippen LogP contribution is -2.39. The highest BCUT2D eigenvalue weighted by molar-refractivity contribution is 7.22. The summed E-state index contributed by atoms with van der Waals surface area (Å²) in [5.74, 6) is -0.0885. The van der Waals surface area contributed by atoms with Crippen molar-refractivity contribution in [3.8, 4) is 5.69 Å². The number of amides is 1. The Bertz CT molecular complexity index is 1330. The van der Waals surface area contributed by atoms with E-state index in [-0.39, 0.29) is 5.91 Å². The summed E-state index contributed by atoms with van der Waals surface area (Å²) in [6.07, 6.45) is 2.50. The van der Waals surface area contributed by atoms with Crippen LogP contribution in [0.3, 0.4) is 0 Å². The topological polar surface area (TPSA) is 63.5 Å². The van der Waals surface area contributed by atoms with Crippen molar-refractivity contribution in [2.75, 3.05) is 44.3 Å². The molecule has 0 atom stereocenters. The molecule has 0 spiro atoms. The Hall–Kier alpha value is -2.78. The minimum atomic E-state index is -0.0885. The van der Waals surface area contributed by atoms with Gasteiger partial charge in [0.15, 0.2) is 5.13 Å². The van der Waals surface area contributed by atoms with Crippen molar-refractivity contribution >= 4 is 44.2 Å². The van der Waals surface area contributed by atoms with Gasteiger partial charge in [-0.25, -0.2) is 9.67 Å². The van der Waals surface area contributed by atoms with Gasteiger partial charge in [-0.3, -0.25) is 14.6 Å². The molecular formula is C26H28ClN5O2S. The van der Waals surface area contributed by atoms with Crippen LogP contribution in [0, 0.1) is 13.8 Å². The Morgan fingerprint density at radius 2 is 1.91 bits per heavy atom. The summed E-state index contributed by atoms with van der Waals surface area (Å²) in [6, 6.07) is 13.7. The van der Waals surface area contributed by atoms with Gasteiger partial charge >= 0.3 is 0 Å². The number of hydrogen-bond acceptors (Lipinski definition) is 6. The van der Waals surface area contributed by atoms with Crippen LogP contribution in [0.5, 0.6) is 0 Å². The maximum atomic E-state index is 13.9. The first-order valence-electron chi connectivity index (χ1n) is 11.8. The lowest BCUT2D eigenvalue weighted by Gasteiger charge is -2.27. The number of thiazole rings is 1. The number of morpholine rings is 1. The Labute approximate surface area is 213 Å². The van der Waals surface area contributed by atoms with Crippen molar-refractivity contribution in [2.45, 2.75) is 20.3 Å². The fourth-order valence-corrected chi connectivity index (χ4v) is 5.56. The number of ether oxygens (including phenoxy) is 1. The molecule has 1 aliphatic rings. The third-order valence-corrected chi connectivity index (χ3v) is 7.87. The molecule has 1 aliphatic heterocycles. The van der Waals surface area contributed by atoms with Gasteiger partial charge in [-0.15, -0.1) is 0 Å². The molecule has 0 bridgehead atoms. The molecule has 0 unspecified atom stereocenters. The predicted molar refractivity (Wildman–Crippen MR) is 141 cm³/mol. The number of hydrogen-bond donors (Lipinski definition) is 0. The summed E-state index contributed by atoms with van der Waals surface area (Å²) in [5, 5.41) is 5.88. The van der Waals surface area contributed by atoms with Gasteiger partial charge in [-0.2, -0.15) is 5.10 Å². The Morgan fingerprint density at radius 3 is 2.69 bits per heavy atom. The maximum Gasteiger partial charge on any atom is 0.263 e. The van der Waals surface area contributed by atoms with E-state index in [2.05, 4.69) is 10.00 Å². The molecule has 0 N–H and O–H groups in total. The molecule has 7 nitrogen and oxygen atoms in total. The first-order chi connectivity index (χ1) is 17.0. The van der Waals surface area contributed by atoms with E-state index in [9.17, 15) is 4.79 Å². The standard InChI is InChI=1S/C26H28ClN5O2S/c1-18-22(27)9-10-23-24(18)29-26(35-23)31(12-6-11-30-13-15-34-16-14-30)25(33)21-17-28-32(19(21)2)20-7-4-3-5-8-20/h3-5,7-10,17H,6,11-16H2,1-2H3. The molecule has 1 amide bonds. The zero-order valence-electron chi connectivity index (χ0n) is 19.9. The van der Waals surface area contributed by atoms with E-state index in [1.54, 1.807) is 15.8 Å². The van der Waals surface area contributed by atoms with Crippen molar-refractivity contribution in [1.29, 1.82) is 0 Å². The fraction of sp³-hybridized carbons (Fsp3) is 0.346.